The van der Waals surface area contributed by atoms with Gasteiger partial charge in [-0.1, -0.05) is 60.7 Å². The van der Waals surface area contributed by atoms with E-state index in [1.54, 1.807) is 60.7 Å². The van der Waals surface area contributed by atoms with E-state index in [-0.39, 0.29) is 13.2 Å². The van der Waals surface area contributed by atoms with Crippen molar-refractivity contribution in [1.29, 1.82) is 0 Å². The summed E-state index contributed by atoms with van der Waals surface area (Å²) in [4.78, 5) is 0. The first-order chi connectivity index (χ1) is 10.4. The number of rotatable bonds is 7. The predicted octanol–water partition coefficient (Wildman–Crippen LogP) is 1.99. The lowest BCUT2D eigenvalue weighted by Gasteiger charge is -2.07. The zero-order valence-corrected chi connectivity index (χ0v) is 13.1. The monoisotopic (exact) mass is 342 g/mol. The first-order valence-electron chi connectivity index (χ1n) is 6.27. The third-order valence-corrected chi connectivity index (χ3v) is 6.07. The van der Waals surface area contributed by atoms with Crippen molar-refractivity contribution < 1.29 is 25.2 Å². The summed E-state index contributed by atoms with van der Waals surface area (Å²) in [6, 6.07) is 16.7. The molecule has 0 bridgehead atoms. The fraction of sp³-hybridized carbons (Fsp3) is 0.143. The van der Waals surface area contributed by atoms with Crippen LogP contribution in [0.4, 0.5) is 0 Å². The lowest BCUT2D eigenvalue weighted by molar-refractivity contribution is 0.291. The van der Waals surface area contributed by atoms with E-state index in [0.29, 0.717) is 11.1 Å². The van der Waals surface area contributed by atoms with Crippen LogP contribution in [0.15, 0.2) is 60.7 Å². The second-order valence-corrected chi connectivity index (χ2v) is 8.87. The van der Waals surface area contributed by atoms with E-state index in [1.807, 2.05) is 0 Å². The van der Waals surface area contributed by atoms with E-state index in [4.69, 9.17) is 0 Å². The van der Waals surface area contributed by atoms with E-state index in [2.05, 4.69) is 8.37 Å². The number of benzene rings is 2. The van der Waals surface area contributed by atoms with Gasteiger partial charge in [-0.2, -0.15) is 16.8 Å². The molecule has 0 amide bonds. The van der Waals surface area contributed by atoms with Crippen LogP contribution in [0.1, 0.15) is 11.1 Å². The third-order valence-electron chi connectivity index (χ3n) is 2.68. The third kappa shape index (κ3) is 4.38. The van der Waals surface area contributed by atoms with Gasteiger partial charge >= 0.3 is 18.3 Å². The molecule has 8 heteroatoms. The van der Waals surface area contributed by atoms with E-state index in [9.17, 15) is 16.8 Å². The lowest BCUT2D eigenvalue weighted by atomic mass is 10.2. The normalized spacial score (nSPS) is 12.2. The summed E-state index contributed by atoms with van der Waals surface area (Å²) in [5.74, 6) is 0. The Hall–Kier alpha value is -1.74. The van der Waals surface area contributed by atoms with Crippen molar-refractivity contribution >= 4 is 18.3 Å². The second-order valence-electron chi connectivity index (χ2n) is 4.31. The van der Waals surface area contributed by atoms with Crippen LogP contribution < -0.4 is 0 Å². The SMILES string of the molecule is O=S(=O)(OCc1ccccc1)S(=O)(=O)OCc1ccccc1. The zero-order chi connectivity index (χ0) is 16.1. The van der Waals surface area contributed by atoms with Crippen LogP contribution in [0, 0.1) is 0 Å². The Morgan fingerprint density at radius 3 is 1.23 bits per heavy atom. The van der Waals surface area contributed by atoms with E-state index < -0.39 is 18.3 Å². The Kier molecular flexibility index (Phi) is 5.30. The van der Waals surface area contributed by atoms with Gasteiger partial charge in [0.05, 0.1) is 13.2 Å². The van der Waals surface area contributed by atoms with Gasteiger partial charge in [-0.05, 0) is 11.1 Å². The molecular formula is C14H14O6S2. The fourth-order valence-corrected chi connectivity index (χ4v) is 3.34. The van der Waals surface area contributed by atoms with Crippen LogP contribution in [-0.4, -0.2) is 16.8 Å². The minimum absolute atomic E-state index is 0.378. The maximum absolute atomic E-state index is 11.7. The molecule has 118 valence electrons. The van der Waals surface area contributed by atoms with E-state index in [1.165, 1.54) is 0 Å². The molecule has 6 nitrogen and oxygen atoms in total. The smallest absolute Gasteiger partial charge is 0.252 e. The minimum Gasteiger partial charge on any atom is -0.252 e. The molecule has 0 aliphatic rings. The lowest BCUT2D eigenvalue weighted by Crippen LogP contribution is -2.20. The standard InChI is InChI=1S/C14H14O6S2/c15-21(16,19-11-13-7-3-1-4-8-13)22(17,18)20-12-14-9-5-2-6-10-14/h1-10H,11-12H2. The van der Waals surface area contributed by atoms with Crippen molar-refractivity contribution in [3.05, 3.63) is 71.8 Å². The van der Waals surface area contributed by atoms with Crippen LogP contribution in [0.25, 0.3) is 0 Å². The average Bonchev–Trinajstić information content (AvgIpc) is 2.53. The Morgan fingerprint density at radius 1 is 0.591 bits per heavy atom. The van der Waals surface area contributed by atoms with Crippen molar-refractivity contribution in [2.24, 2.45) is 0 Å². The van der Waals surface area contributed by atoms with Crippen LogP contribution in [0.2, 0.25) is 0 Å². The van der Waals surface area contributed by atoms with Crippen LogP contribution in [0.3, 0.4) is 0 Å². The van der Waals surface area contributed by atoms with Gasteiger partial charge in [-0.15, -0.1) is 0 Å². The van der Waals surface area contributed by atoms with Crippen molar-refractivity contribution in [3.8, 4) is 0 Å². The second kappa shape index (κ2) is 7.01. The Labute approximate surface area is 129 Å². The topological polar surface area (TPSA) is 86.7 Å². The van der Waals surface area contributed by atoms with Gasteiger partial charge in [0.1, 0.15) is 0 Å². The molecule has 0 saturated carbocycles. The van der Waals surface area contributed by atoms with Crippen LogP contribution in [-0.2, 0) is 39.9 Å². The van der Waals surface area contributed by atoms with Gasteiger partial charge in [0, 0.05) is 0 Å². The highest BCUT2D eigenvalue weighted by atomic mass is 33.2. The summed E-state index contributed by atoms with van der Waals surface area (Å²) in [7, 11) is -9.76. The maximum Gasteiger partial charge on any atom is 0.400 e. The number of hydrogen-bond donors (Lipinski definition) is 0. The molecule has 0 fully saturated rings. The maximum atomic E-state index is 11.7. The zero-order valence-electron chi connectivity index (χ0n) is 11.5. The van der Waals surface area contributed by atoms with Gasteiger partial charge in [0.2, 0.25) is 0 Å². The van der Waals surface area contributed by atoms with Gasteiger partial charge in [0.25, 0.3) is 0 Å². The summed E-state index contributed by atoms with van der Waals surface area (Å²) in [6.07, 6.45) is 0. The Bertz CT molecular complexity index is 727. The molecule has 0 aliphatic carbocycles. The van der Waals surface area contributed by atoms with E-state index >= 15 is 0 Å². The van der Waals surface area contributed by atoms with Crippen molar-refractivity contribution in [2.75, 3.05) is 0 Å². The highest BCUT2D eigenvalue weighted by Crippen LogP contribution is 2.14. The molecule has 0 aromatic heterocycles. The molecule has 0 saturated heterocycles. The van der Waals surface area contributed by atoms with Gasteiger partial charge in [-0.3, -0.25) is 8.37 Å². The predicted molar refractivity (Wildman–Crippen MR) is 80.3 cm³/mol. The largest absolute Gasteiger partial charge is 0.400 e. The van der Waals surface area contributed by atoms with Crippen LogP contribution in [0.5, 0.6) is 0 Å². The summed E-state index contributed by atoms with van der Waals surface area (Å²) in [5.41, 5.74) is 1.06. The van der Waals surface area contributed by atoms with Crippen molar-refractivity contribution in [1.82, 2.24) is 0 Å². The molecular weight excluding hydrogens is 328 g/mol. The molecule has 0 spiro atoms. The number of hydrogen-bond acceptors (Lipinski definition) is 6. The Balaban J connectivity index is 2.01. The van der Waals surface area contributed by atoms with Crippen LogP contribution >= 0.6 is 0 Å². The average molecular weight is 342 g/mol. The van der Waals surface area contributed by atoms with Gasteiger partial charge < -0.3 is 0 Å². The Morgan fingerprint density at radius 2 is 0.909 bits per heavy atom. The summed E-state index contributed by atoms with van der Waals surface area (Å²) < 4.78 is 55.9. The summed E-state index contributed by atoms with van der Waals surface area (Å²) in [5, 5.41) is 0. The minimum atomic E-state index is -4.88. The molecule has 2 aromatic carbocycles. The summed E-state index contributed by atoms with van der Waals surface area (Å²) in [6.45, 7) is -0.756. The molecule has 0 atom stereocenters. The van der Waals surface area contributed by atoms with Gasteiger partial charge in [0.15, 0.2) is 0 Å². The molecule has 0 radical (unpaired) electrons. The quantitative estimate of drug-likeness (QED) is 0.715. The molecule has 2 rings (SSSR count). The molecule has 0 N–H and O–H groups in total. The highest BCUT2D eigenvalue weighted by molar-refractivity contribution is 8.63. The molecule has 0 heterocycles. The van der Waals surface area contributed by atoms with Crippen molar-refractivity contribution in [3.63, 3.8) is 0 Å². The van der Waals surface area contributed by atoms with Gasteiger partial charge in [-0.25, -0.2) is 0 Å². The van der Waals surface area contributed by atoms with Crippen molar-refractivity contribution in [2.45, 2.75) is 13.2 Å². The van der Waals surface area contributed by atoms with E-state index in [0.717, 1.165) is 0 Å². The molecule has 2 aromatic rings. The fourth-order valence-electron chi connectivity index (χ4n) is 1.55. The summed E-state index contributed by atoms with van der Waals surface area (Å²) >= 11 is 0. The molecule has 0 unspecified atom stereocenters. The highest BCUT2D eigenvalue weighted by Gasteiger charge is 2.32. The first kappa shape index (κ1) is 16.6. The molecule has 0 aliphatic heterocycles. The molecule has 22 heavy (non-hydrogen) atoms. The first-order valence-corrected chi connectivity index (χ1v) is 9.61.